The van der Waals surface area contributed by atoms with E-state index in [0.29, 0.717) is 12.3 Å². The average Bonchev–Trinajstić information content (AvgIpc) is 3.16. The van der Waals surface area contributed by atoms with E-state index < -0.39 is 0 Å². The summed E-state index contributed by atoms with van der Waals surface area (Å²) in [6.07, 6.45) is 1.65. The molecule has 2 heterocycles. The van der Waals surface area contributed by atoms with Gasteiger partial charge in [-0.15, -0.1) is 11.3 Å². The average molecular weight is 314 g/mol. The third-order valence-corrected chi connectivity index (χ3v) is 5.03. The van der Waals surface area contributed by atoms with Crippen LogP contribution in [0.25, 0.3) is 0 Å². The van der Waals surface area contributed by atoms with Gasteiger partial charge in [0, 0.05) is 30.2 Å². The minimum atomic E-state index is 0.136. The summed E-state index contributed by atoms with van der Waals surface area (Å²) in [7, 11) is 0. The fourth-order valence-electron chi connectivity index (χ4n) is 2.95. The summed E-state index contributed by atoms with van der Waals surface area (Å²) in [4.78, 5) is 15.5. The van der Waals surface area contributed by atoms with E-state index in [1.165, 1.54) is 11.3 Å². The first-order valence-electron chi connectivity index (χ1n) is 7.81. The van der Waals surface area contributed by atoms with Gasteiger partial charge >= 0.3 is 0 Å². The highest BCUT2D eigenvalue weighted by Crippen LogP contribution is 2.24. The van der Waals surface area contributed by atoms with E-state index >= 15 is 0 Å². The van der Waals surface area contributed by atoms with Crippen LogP contribution in [0.4, 0.5) is 5.69 Å². The van der Waals surface area contributed by atoms with Crippen LogP contribution >= 0.6 is 11.3 Å². The Bertz CT molecular complexity index is 624. The summed E-state index contributed by atoms with van der Waals surface area (Å²) in [5.74, 6) is 0.684. The van der Waals surface area contributed by atoms with Crippen LogP contribution in [-0.4, -0.2) is 25.5 Å². The number of nitrogens with one attached hydrogen (secondary N) is 1. The maximum absolute atomic E-state index is 11.9. The molecular formula is C18H22N2OS. The molecule has 0 radical (unpaired) electrons. The van der Waals surface area contributed by atoms with Gasteiger partial charge in [-0.25, -0.2) is 0 Å². The fraction of sp³-hybridized carbons (Fsp3) is 0.389. The largest absolute Gasteiger partial charge is 0.371 e. The lowest BCUT2D eigenvalue weighted by molar-refractivity contribution is -0.120. The maximum Gasteiger partial charge on any atom is 0.225 e. The van der Waals surface area contributed by atoms with Crippen molar-refractivity contribution in [2.45, 2.75) is 19.8 Å². The highest BCUT2D eigenvalue weighted by molar-refractivity contribution is 7.10. The Morgan fingerprint density at radius 3 is 3.05 bits per heavy atom. The molecule has 0 saturated carbocycles. The topological polar surface area (TPSA) is 32.3 Å². The molecule has 1 saturated heterocycles. The molecule has 1 aliphatic heterocycles. The molecule has 1 atom stereocenters. The first-order valence-corrected chi connectivity index (χ1v) is 8.69. The summed E-state index contributed by atoms with van der Waals surface area (Å²) < 4.78 is 0. The van der Waals surface area contributed by atoms with Crippen molar-refractivity contribution in [3.8, 4) is 0 Å². The molecule has 3 rings (SSSR count). The number of amides is 1. The van der Waals surface area contributed by atoms with E-state index in [1.807, 2.05) is 17.5 Å². The van der Waals surface area contributed by atoms with Crippen LogP contribution < -0.4 is 10.2 Å². The Morgan fingerprint density at radius 1 is 1.36 bits per heavy atom. The number of hydrogen-bond acceptors (Lipinski definition) is 3. The van der Waals surface area contributed by atoms with Crippen LogP contribution in [0.3, 0.4) is 0 Å². The molecule has 2 aromatic rings. The van der Waals surface area contributed by atoms with Crippen molar-refractivity contribution in [1.29, 1.82) is 0 Å². The highest BCUT2D eigenvalue weighted by atomic mass is 32.1. The van der Waals surface area contributed by atoms with Gasteiger partial charge in [-0.05, 0) is 48.4 Å². The predicted molar refractivity (Wildman–Crippen MR) is 92.5 cm³/mol. The third-order valence-electron chi connectivity index (χ3n) is 4.16. The van der Waals surface area contributed by atoms with Crippen molar-refractivity contribution < 1.29 is 4.79 Å². The van der Waals surface area contributed by atoms with Gasteiger partial charge in [0.1, 0.15) is 0 Å². The van der Waals surface area contributed by atoms with Crippen molar-refractivity contribution in [3.63, 3.8) is 0 Å². The fourth-order valence-corrected chi connectivity index (χ4v) is 3.65. The Balaban J connectivity index is 1.46. The molecule has 116 valence electrons. The van der Waals surface area contributed by atoms with E-state index in [1.54, 1.807) is 11.3 Å². The normalized spacial score (nSPS) is 17.7. The van der Waals surface area contributed by atoms with Crippen LogP contribution in [0.5, 0.6) is 0 Å². The lowest BCUT2D eigenvalue weighted by Gasteiger charge is -2.19. The molecule has 1 unspecified atom stereocenters. The van der Waals surface area contributed by atoms with Crippen molar-refractivity contribution >= 4 is 22.9 Å². The quantitative estimate of drug-likeness (QED) is 0.919. The standard InChI is InChI=1S/C18H22N2OS/c1-14-4-2-5-16(10-14)20-8-7-15(13-20)12-19-18(21)11-17-6-3-9-22-17/h2-6,9-10,15H,7-8,11-13H2,1H3,(H,19,21). The first-order chi connectivity index (χ1) is 10.7. The van der Waals surface area contributed by atoms with Crippen molar-refractivity contribution in [2.75, 3.05) is 24.5 Å². The number of hydrogen-bond donors (Lipinski definition) is 1. The van der Waals surface area contributed by atoms with Crippen LogP contribution in [0.2, 0.25) is 0 Å². The molecule has 1 aromatic carbocycles. The lowest BCUT2D eigenvalue weighted by atomic mass is 10.1. The van der Waals surface area contributed by atoms with Crippen molar-refractivity contribution in [3.05, 3.63) is 52.2 Å². The van der Waals surface area contributed by atoms with Gasteiger partial charge in [-0.2, -0.15) is 0 Å². The van der Waals surface area contributed by atoms with Gasteiger partial charge in [0.2, 0.25) is 5.91 Å². The van der Waals surface area contributed by atoms with Crippen molar-refractivity contribution in [2.24, 2.45) is 5.92 Å². The monoisotopic (exact) mass is 314 g/mol. The molecule has 1 N–H and O–H groups in total. The Hall–Kier alpha value is -1.81. The summed E-state index contributed by atoms with van der Waals surface area (Å²) in [5.41, 5.74) is 2.60. The SMILES string of the molecule is Cc1cccc(N2CCC(CNC(=O)Cc3cccs3)C2)c1. The molecule has 0 aliphatic carbocycles. The molecule has 0 bridgehead atoms. The van der Waals surface area contributed by atoms with Crippen molar-refractivity contribution in [1.82, 2.24) is 5.32 Å². The molecule has 1 amide bonds. The predicted octanol–water partition coefficient (Wildman–Crippen LogP) is 3.24. The van der Waals surface area contributed by atoms with E-state index in [9.17, 15) is 4.79 Å². The smallest absolute Gasteiger partial charge is 0.225 e. The summed E-state index contributed by atoms with van der Waals surface area (Å²) >= 11 is 1.64. The molecule has 22 heavy (non-hydrogen) atoms. The van der Waals surface area contributed by atoms with Gasteiger partial charge in [-0.1, -0.05) is 18.2 Å². The number of thiophene rings is 1. The molecule has 3 nitrogen and oxygen atoms in total. The zero-order valence-electron chi connectivity index (χ0n) is 12.9. The van der Waals surface area contributed by atoms with E-state index in [4.69, 9.17) is 0 Å². The van der Waals surface area contributed by atoms with Crippen LogP contribution in [0.1, 0.15) is 16.9 Å². The molecule has 1 aliphatic rings. The number of benzene rings is 1. The van der Waals surface area contributed by atoms with E-state index in [2.05, 4.69) is 41.4 Å². The second-order valence-electron chi connectivity index (χ2n) is 6.00. The zero-order chi connectivity index (χ0) is 15.4. The number of carbonyl (C=O) groups is 1. The van der Waals surface area contributed by atoms with Gasteiger partial charge < -0.3 is 10.2 Å². The number of carbonyl (C=O) groups excluding carboxylic acids is 1. The summed E-state index contributed by atoms with van der Waals surface area (Å²) in [5, 5.41) is 5.10. The van der Waals surface area contributed by atoms with Crippen LogP contribution in [0.15, 0.2) is 41.8 Å². The van der Waals surface area contributed by atoms with Crippen LogP contribution in [-0.2, 0) is 11.2 Å². The first kappa shape index (κ1) is 15.1. The Kier molecular flexibility index (Phi) is 4.78. The highest BCUT2D eigenvalue weighted by Gasteiger charge is 2.23. The molecule has 0 spiro atoms. The molecule has 1 aromatic heterocycles. The van der Waals surface area contributed by atoms with E-state index in [-0.39, 0.29) is 5.91 Å². The molecule has 1 fully saturated rings. The zero-order valence-corrected chi connectivity index (χ0v) is 13.7. The number of anilines is 1. The van der Waals surface area contributed by atoms with Gasteiger partial charge in [0.25, 0.3) is 0 Å². The molecular weight excluding hydrogens is 292 g/mol. The molecule has 4 heteroatoms. The Morgan fingerprint density at radius 2 is 2.27 bits per heavy atom. The van der Waals surface area contributed by atoms with Gasteiger partial charge in [0.05, 0.1) is 6.42 Å². The minimum Gasteiger partial charge on any atom is -0.371 e. The van der Waals surface area contributed by atoms with Gasteiger partial charge in [-0.3, -0.25) is 4.79 Å². The summed E-state index contributed by atoms with van der Waals surface area (Å²) in [6, 6.07) is 12.6. The minimum absolute atomic E-state index is 0.136. The van der Waals surface area contributed by atoms with Crippen LogP contribution in [0, 0.1) is 12.8 Å². The van der Waals surface area contributed by atoms with E-state index in [0.717, 1.165) is 30.9 Å². The second kappa shape index (κ2) is 6.97. The summed E-state index contributed by atoms with van der Waals surface area (Å²) in [6.45, 7) is 5.02. The lowest BCUT2D eigenvalue weighted by Crippen LogP contribution is -2.31. The third kappa shape index (κ3) is 3.89. The Labute approximate surface area is 136 Å². The number of aryl methyl sites for hydroxylation is 1. The second-order valence-corrected chi connectivity index (χ2v) is 7.03. The van der Waals surface area contributed by atoms with Gasteiger partial charge in [0.15, 0.2) is 0 Å². The number of nitrogens with zero attached hydrogens (tertiary/aromatic N) is 1. The number of rotatable bonds is 5. The maximum atomic E-state index is 11.9.